The molecule has 0 radical (unpaired) electrons. The van der Waals surface area contributed by atoms with Crippen molar-refractivity contribution >= 4 is 11.9 Å². The molecule has 2 bridgehead atoms. The van der Waals surface area contributed by atoms with Gasteiger partial charge in [0.15, 0.2) is 0 Å². The molecule has 0 aromatic carbocycles. The molecular formula is C7H8O5. The number of fused-ring (bicyclic) bond motifs is 1. The molecule has 2 N–H and O–H groups in total. The summed E-state index contributed by atoms with van der Waals surface area (Å²) >= 11 is 0. The minimum absolute atomic E-state index is 0.0456. The van der Waals surface area contributed by atoms with Crippen molar-refractivity contribution in [3.8, 4) is 0 Å². The van der Waals surface area contributed by atoms with Gasteiger partial charge in [0, 0.05) is 0 Å². The molecule has 1 aliphatic carbocycles. The summed E-state index contributed by atoms with van der Waals surface area (Å²) in [6.07, 6.45) is -0.0298. The van der Waals surface area contributed by atoms with E-state index in [1.807, 2.05) is 0 Å². The van der Waals surface area contributed by atoms with Gasteiger partial charge in [-0.25, -0.2) is 0 Å². The second-order valence-corrected chi connectivity index (χ2v) is 3.33. The second-order valence-electron chi connectivity index (χ2n) is 3.33. The highest BCUT2D eigenvalue weighted by molar-refractivity contribution is 5.87. The van der Waals surface area contributed by atoms with Gasteiger partial charge in [-0.15, -0.1) is 0 Å². The minimum atomic E-state index is -1.13. The van der Waals surface area contributed by atoms with E-state index in [0.717, 1.165) is 0 Å². The maximum atomic E-state index is 10.7. The van der Waals surface area contributed by atoms with Gasteiger partial charge in [-0.3, -0.25) is 9.59 Å². The molecule has 2 aliphatic heterocycles. The van der Waals surface area contributed by atoms with Crippen LogP contribution < -0.4 is 0 Å². The molecule has 2 heterocycles. The molecule has 0 aromatic rings. The van der Waals surface area contributed by atoms with E-state index in [2.05, 4.69) is 0 Å². The first kappa shape index (κ1) is 7.54. The highest BCUT2D eigenvalue weighted by atomic mass is 16.5. The lowest BCUT2D eigenvalue weighted by Crippen LogP contribution is -2.53. The van der Waals surface area contributed by atoms with Crippen LogP contribution in [-0.4, -0.2) is 34.9 Å². The first-order chi connectivity index (χ1) is 5.58. The molecule has 3 aliphatic rings. The monoisotopic (exact) mass is 172 g/mol. The second kappa shape index (κ2) is 1.98. The van der Waals surface area contributed by atoms with Crippen molar-refractivity contribution in [1.82, 2.24) is 0 Å². The maximum absolute atomic E-state index is 10.7. The number of hydrogen-bond donors (Lipinski definition) is 2. The van der Waals surface area contributed by atoms with Crippen molar-refractivity contribution in [2.24, 2.45) is 11.3 Å². The lowest BCUT2D eigenvalue weighted by molar-refractivity contribution is -0.169. The minimum Gasteiger partial charge on any atom is -0.481 e. The van der Waals surface area contributed by atoms with Gasteiger partial charge in [0.05, 0.1) is 12.7 Å². The Morgan fingerprint density at radius 2 is 2.08 bits per heavy atom. The van der Waals surface area contributed by atoms with E-state index >= 15 is 0 Å². The Morgan fingerprint density at radius 1 is 1.42 bits per heavy atom. The summed E-state index contributed by atoms with van der Waals surface area (Å²) in [7, 11) is 0. The summed E-state index contributed by atoms with van der Waals surface area (Å²) in [5, 5.41) is 17.5. The molecule has 1 saturated carbocycles. The zero-order chi connectivity index (χ0) is 8.93. The van der Waals surface area contributed by atoms with E-state index in [9.17, 15) is 9.59 Å². The lowest BCUT2D eigenvalue weighted by atomic mass is 9.61. The third-order valence-electron chi connectivity index (χ3n) is 2.78. The molecule has 12 heavy (non-hydrogen) atoms. The SMILES string of the molecule is O=C(O)C1C2CC1(C(=O)O)CO2. The van der Waals surface area contributed by atoms with Crippen molar-refractivity contribution in [2.45, 2.75) is 12.5 Å². The van der Waals surface area contributed by atoms with Gasteiger partial charge >= 0.3 is 11.9 Å². The van der Waals surface area contributed by atoms with Crippen molar-refractivity contribution in [3.05, 3.63) is 0 Å². The highest BCUT2D eigenvalue weighted by Gasteiger charge is 2.68. The first-order valence-corrected chi connectivity index (χ1v) is 3.66. The molecule has 0 spiro atoms. The molecule has 2 saturated heterocycles. The summed E-state index contributed by atoms with van der Waals surface area (Å²) in [5.74, 6) is -2.95. The van der Waals surface area contributed by atoms with E-state index < -0.39 is 23.3 Å². The Morgan fingerprint density at radius 3 is 2.42 bits per heavy atom. The zero-order valence-corrected chi connectivity index (χ0v) is 6.19. The molecule has 3 fully saturated rings. The fourth-order valence-corrected chi connectivity index (χ4v) is 2.04. The van der Waals surface area contributed by atoms with Gasteiger partial charge in [-0.1, -0.05) is 0 Å². The van der Waals surface area contributed by atoms with E-state index in [4.69, 9.17) is 14.9 Å². The average Bonchev–Trinajstić information content (AvgIpc) is 2.38. The summed E-state index contributed by atoms with van der Waals surface area (Å²) < 4.78 is 5.00. The number of carboxylic acid groups (broad SMARTS) is 2. The molecule has 0 amide bonds. The number of carbonyl (C=O) groups is 2. The summed E-state index contributed by atoms with van der Waals surface area (Å²) in [5.41, 5.74) is -1.13. The third-order valence-corrected chi connectivity index (χ3v) is 2.78. The van der Waals surface area contributed by atoms with Crippen LogP contribution >= 0.6 is 0 Å². The number of rotatable bonds is 2. The Kier molecular flexibility index (Phi) is 1.24. The molecule has 5 heteroatoms. The molecular weight excluding hydrogens is 164 g/mol. The van der Waals surface area contributed by atoms with Crippen LogP contribution in [0.5, 0.6) is 0 Å². The number of ether oxygens (including phenoxy) is 1. The predicted octanol–water partition coefficient (Wildman–Crippen LogP) is -0.439. The molecule has 3 rings (SSSR count). The fraction of sp³-hybridized carbons (Fsp3) is 0.714. The zero-order valence-electron chi connectivity index (χ0n) is 6.19. The Labute approximate surface area is 67.9 Å². The predicted molar refractivity (Wildman–Crippen MR) is 35.6 cm³/mol. The highest BCUT2D eigenvalue weighted by Crippen LogP contribution is 2.55. The summed E-state index contributed by atoms with van der Waals surface area (Å²) in [4.78, 5) is 21.3. The van der Waals surface area contributed by atoms with Crippen LogP contribution in [0.3, 0.4) is 0 Å². The Hall–Kier alpha value is -1.10. The van der Waals surface area contributed by atoms with Gasteiger partial charge < -0.3 is 14.9 Å². The summed E-state index contributed by atoms with van der Waals surface area (Å²) in [6.45, 7) is 0.0456. The first-order valence-electron chi connectivity index (χ1n) is 3.66. The van der Waals surface area contributed by atoms with Gasteiger partial charge in [0.1, 0.15) is 11.3 Å². The topological polar surface area (TPSA) is 83.8 Å². The molecule has 3 atom stereocenters. The van der Waals surface area contributed by atoms with Gasteiger partial charge in [0.2, 0.25) is 0 Å². The van der Waals surface area contributed by atoms with Gasteiger partial charge in [-0.05, 0) is 6.42 Å². The number of aliphatic carboxylic acids is 2. The van der Waals surface area contributed by atoms with Crippen LogP contribution in [0, 0.1) is 11.3 Å². The van der Waals surface area contributed by atoms with E-state index in [1.165, 1.54) is 0 Å². The lowest BCUT2D eigenvalue weighted by Gasteiger charge is -2.37. The van der Waals surface area contributed by atoms with Gasteiger partial charge in [0.25, 0.3) is 0 Å². The largest absolute Gasteiger partial charge is 0.481 e. The van der Waals surface area contributed by atoms with Crippen molar-refractivity contribution in [1.29, 1.82) is 0 Å². The van der Waals surface area contributed by atoms with Crippen molar-refractivity contribution < 1.29 is 24.5 Å². The quantitative estimate of drug-likeness (QED) is 0.590. The molecule has 0 aromatic heterocycles. The fourth-order valence-electron chi connectivity index (χ4n) is 2.04. The smallest absolute Gasteiger partial charge is 0.313 e. The molecule has 5 nitrogen and oxygen atoms in total. The maximum Gasteiger partial charge on any atom is 0.313 e. The van der Waals surface area contributed by atoms with E-state index in [0.29, 0.717) is 6.42 Å². The average molecular weight is 172 g/mol. The number of hydrogen-bond acceptors (Lipinski definition) is 3. The van der Waals surface area contributed by atoms with E-state index in [-0.39, 0.29) is 12.7 Å². The standard InChI is InChI=1S/C7H8O5/c8-5(9)4-3-1-7(4,2-12-3)6(10)11/h3-4H,1-2H2,(H,8,9)(H,10,11). The van der Waals surface area contributed by atoms with Crippen LogP contribution in [0.1, 0.15) is 6.42 Å². The normalized spacial score (nSPS) is 43.7. The van der Waals surface area contributed by atoms with Crippen LogP contribution in [0.2, 0.25) is 0 Å². The Balaban J connectivity index is 2.28. The molecule has 66 valence electrons. The third kappa shape index (κ3) is 0.621. The van der Waals surface area contributed by atoms with Crippen LogP contribution in [0.4, 0.5) is 0 Å². The number of carboxylic acids is 2. The van der Waals surface area contributed by atoms with Crippen LogP contribution in [-0.2, 0) is 14.3 Å². The Bertz CT molecular complexity index is 257. The van der Waals surface area contributed by atoms with E-state index in [1.54, 1.807) is 0 Å². The summed E-state index contributed by atoms with van der Waals surface area (Å²) in [6, 6.07) is 0. The van der Waals surface area contributed by atoms with Crippen molar-refractivity contribution in [2.75, 3.05) is 6.61 Å². The van der Waals surface area contributed by atoms with Crippen LogP contribution in [0.25, 0.3) is 0 Å². The van der Waals surface area contributed by atoms with Crippen LogP contribution in [0.15, 0.2) is 0 Å². The van der Waals surface area contributed by atoms with Crippen molar-refractivity contribution in [3.63, 3.8) is 0 Å². The molecule has 3 unspecified atom stereocenters. The van der Waals surface area contributed by atoms with Gasteiger partial charge in [-0.2, -0.15) is 0 Å².